The maximum atomic E-state index is 12.3. The number of carbonyl (C=O) groups is 2. The summed E-state index contributed by atoms with van der Waals surface area (Å²) < 4.78 is 10.1. The summed E-state index contributed by atoms with van der Waals surface area (Å²) in [6.45, 7) is 0. The first-order valence-corrected chi connectivity index (χ1v) is 7.55. The Morgan fingerprint density at radius 1 is 0.880 bits per heavy atom. The van der Waals surface area contributed by atoms with Gasteiger partial charge < -0.3 is 19.8 Å². The highest BCUT2D eigenvalue weighted by Gasteiger charge is 2.11. The maximum absolute atomic E-state index is 12.3. The van der Waals surface area contributed by atoms with E-state index in [4.69, 9.17) is 9.15 Å². The predicted octanol–water partition coefficient (Wildman–Crippen LogP) is 3.79. The van der Waals surface area contributed by atoms with Crippen molar-refractivity contribution in [3.8, 4) is 5.75 Å². The fourth-order valence-electron chi connectivity index (χ4n) is 2.24. The van der Waals surface area contributed by atoms with E-state index in [0.717, 1.165) is 0 Å². The summed E-state index contributed by atoms with van der Waals surface area (Å²) in [7, 11) is 1.54. The van der Waals surface area contributed by atoms with Gasteiger partial charge in [-0.15, -0.1) is 0 Å². The molecule has 25 heavy (non-hydrogen) atoms. The quantitative estimate of drug-likeness (QED) is 0.743. The van der Waals surface area contributed by atoms with Gasteiger partial charge >= 0.3 is 0 Å². The molecule has 0 atom stereocenters. The SMILES string of the molecule is COc1ccccc1NC(=O)c1ccc(NC(=O)c2ccoc2)cc1. The van der Waals surface area contributed by atoms with Gasteiger partial charge in [0.2, 0.25) is 0 Å². The number of benzene rings is 2. The number of amides is 2. The van der Waals surface area contributed by atoms with Gasteiger partial charge in [-0.05, 0) is 42.5 Å². The van der Waals surface area contributed by atoms with Gasteiger partial charge in [-0.3, -0.25) is 9.59 Å². The minimum absolute atomic E-state index is 0.266. The molecule has 2 aromatic carbocycles. The van der Waals surface area contributed by atoms with Crippen molar-refractivity contribution in [2.75, 3.05) is 17.7 Å². The molecule has 0 aliphatic carbocycles. The van der Waals surface area contributed by atoms with E-state index in [1.165, 1.54) is 12.5 Å². The fraction of sp³-hybridized carbons (Fsp3) is 0.0526. The summed E-state index contributed by atoms with van der Waals surface area (Å²) in [6.07, 6.45) is 2.80. The molecule has 0 fully saturated rings. The molecule has 1 aromatic heterocycles. The first kappa shape index (κ1) is 16.3. The summed E-state index contributed by atoms with van der Waals surface area (Å²) in [5.41, 5.74) is 2.07. The number of para-hydroxylation sites is 2. The van der Waals surface area contributed by atoms with Crippen molar-refractivity contribution in [1.82, 2.24) is 0 Å². The molecule has 1 heterocycles. The standard InChI is InChI=1S/C19H16N2O4/c1-24-17-5-3-2-4-16(17)21-18(22)13-6-8-15(9-7-13)20-19(23)14-10-11-25-12-14/h2-12H,1H3,(H,20,23)(H,21,22). The van der Waals surface area contributed by atoms with E-state index in [1.807, 2.05) is 12.1 Å². The van der Waals surface area contributed by atoms with Gasteiger partial charge in [0.15, 0.2) is 0 Å². The second-order valence-electron chi connectivity index (χ2n) is 5.20. The lowest BCUT2D eigenvalue weighted by Crippen LogP contribution is -2.13. The van der Waals surface area contributed by atoms with Gasteiger partial charge in [0.05, 0.1) is 24.6 Å². The Morgan fingerprint density at radius 3 is 2.28 bits per heavy atom. The number of hydrogen-bond donors (Lipinski definition) is 2. The third-order valence-electron chi connectivity index (χ3n) is 3.54. The van der Waals surface area contributed by atoms with Crippen molar-refractivity contribution >= 4 is 23.2 Å². The van der Waals surface area contributed by atoms with Gasteiger partial charge in [-0.2, -0.15) is 0 Å². The van der Waals surface area contributed by atoms with Crippen LogP contribution < -0.4 is 15.4 Å². The minimum Gasteiger partial charge on any atom is -0.495 e. The minimum atomic E-state index is -0.278. The molecule has 6 heteroatoms. The molecule has 6 nitrogen and oxygen atoms in total. The van der Waals surface area contributed by atoms with Crippen LogP contribution in [0.4, 0.5) is 11.4 Å². The Balaban J connectivity index is 1.67. The van der Waals surface area contributed by atoms with Crippen LogP contribution in [0.5, 0.6) is 5.75 Å². The average molecular weight is 336 g/mol. The van der Waals surface area contributed by atoms with Gasteiger partial charge in [0.25, 0.3) is 11.8 Å². The molecule has 0 saturated heterocycles. The normalized spacial score (nSPS) is 10.1. The molecule has 3 aromatic rings. The van der Waals surface area contributed by atoms with E-state index >= 15 is 0 Å². The van der Waals surface area contributed by atoms with Gasteiger partial charge in [-0.1, -0.05) is 12.1 Å². The van der Waals surface area contributed by atoms with Crippen LogP contribution in [-0.2, 0) is 0 Å². The molecule has 0 unspecified atom stereocenters. The zero-order valence-corrected chi connectivity index (χ0v) is 13.5. The second-order valence-corrected chi connectivity index (χ2v) is 5.20. The topological polar surface area (TPSA) is 80.6 Å². The molecular formula is C19H16N2O4. The average Bonchev–Trinajstić information content (AvgIpc) is 3.17. The van der Waals surface area contributed by atoms with Crippen LogP contribution in [0, 0.1) is 0 Å². The smallest absolute Gasteiger partial charge is 0.258 e. The summed E-state index contributed by atoms with van der Waals surface area (Å²) in [5, 5.41) is 5.52. The Kier molecular flexibility index (Phi) is 4.80. The fourth-order valence-corrected chi connectivity index (χ4v) is 2.24. The Labute approximate surface area is 144 Å². The van der Waals surface area contributed by atoms with Crippen molar-refractivity contribution in [2.24, 2.45) is 0 Å². The van der Waals surface area contributed by atoms with Crippen LogP contribution in [0.25, 0.3) is 0 Å². The molecule has 0 aliphatic rings. The molecule has 0 radical (unpaired) electrons. The third kappa shape index (κ3) is 3.87. The van der Waals surface area contributed by atoms with Gasteiger partial charge in [-0.25, -0.2) is 0 Å². The zero-order valence-electron chi connectivity index (χ0n) is 13.5. The van der Waals surface area contributed by atoms with Crippen LogP contribution in [0.15, 0.2) is 71.5 Å². The van der Waals surface area contributed by atoms with Crippen LogP contribution in [-0.4, -0.2) is 18.9 Å². The lowest BCUT2D eigenvalue weighted by Gasteiger charge is -2.10. The third-order valence-corrected chi connectivity index (χ3v) is 3.54. The number of furan rings is 1. The molecule has 0 spiro atoms. The number of methoxy groups -OCH3 is 1. The van der Waals surface area contributed by atoms with E-state index in [-0.39, 0.29) is 11.8 Å². The summed E-state index contributed by atoms with van der Waals surface area (Å²) in [5.74, 6) is 0.0389. The number of carbonyl (C=O) groups excluding carboxylic acids is 2. The van der Waals surface area contributed by atoms with E-state index in [0.29, 0.717) is 28.3 Å². The molecule has 2 amide bonds. The second kappa shape index (κ2) is 7.35. The van der Waals surface area contributed by atoms with E-state index in [1.54, 1.807) is 49.6 Å². The van der Waals surface area contributed by atoms with Crippen molar-refractivity contribution < 1.29 is 18.7 Å². The van der Waals surface area contributed by atoms with Crippen molar-refractivity contribution in [3.63, 3.8) is 0 Å². The monoisotopic (exact) mass is 336 g/mol. The number of rotatable bonds is 5. The molecule has 0 saturated carbocycles. The van der Waals surface area contributed by atoms with E-state index in [2.05, 4.69) is 10.6 Å². The molecular weight excluding hydrogens is 320 g/mol. The predicted molar refractivity (Wildman–Crippen MR) is 94.1 cm³/mol. The summed E-state index contributed by atoms with van der Waals surface area (Å²) >= 11 is 0. The summed E-state index contributed by atoms with van der Waals surface area (Å²) in [6, 6.07) is 15.3. The van der Waals surface area contributed by atoms with E-state index < -0.39 is 0 Å². The number of hydrogen-bond acceptors (Lipinski definition) is 4. The van der Waals surface area contributed by atoms with Gasteiger partial charge in [0.1, 0.15) is 12.0 Å². The first-order chi connectivity index (χ1) is 12.2. The van der Waals surface area contributed by atoms with Crippen molar-refractivity contribution in [3.05, 3.63) is 78.3 Å². The van der Waals surface area contributed by atoms with Crippen LogP contribution in [0.2, 0.25) is 0 Å². The summed E-state index contributed by atoms with van der Waals surface area (Å²) in [4.78, 5) is 24.3. The molecule has 2 N–H and O–H groups in total. The lowest BCUT2D eigenvalue weighted by molar-refractivity contribution is 0.101. The number of ether oxygens (including phenoxy) is 1. The first-order valence-electron chi connectivity index (χ1n) is 7.55. The Morgan fingerprint density at radius 2 is 1.60 bits per heavy atom. The maximum Gasteiger partial charge on any atom is 0.258 e. The lowest BCUT2D eigenvalue weighted by atomic mass is 10.1. The van der Waals surface area contributed by atoms with Gasteiger partial charge in [0, 0.05) is 11.3 Å². The van der Waals surface area contributed by atoms with Crippen molar-refractivity contribution in [2.45, 2.75) is 0 Å². The molecule has 3 rings (SSSR count). The van der Waals surface area contributed by atoms with Crippen LogP contribution in [0.3, 0.4) is 0 Å². The number of nitrogens with one attached hydrogen (secondary N) is 2. The highest BCUT2D eigenvalue weighted by Crippen LogP contribution is 2.23. The van der Waals surface area contributed by atoms with Crippen molar-refractivity contribution in [1.29, 1.82) is 0 Å². The molecule has 0 bridgehead atoms. The van der Waals surface area contributed by atoms with Crippen LogP contribution in [0.1, 0.15) is 20.7 Å². The molecule has 126 valence electrons. The largest absolute Gasteiger partial charge is 0.495 e. The van der Waals surface area contributed by atoms with E-state index in [9.17, 15) is 9.59 Å². The highest BCUT2D eigenvalue weighted by atomic mass is 16.5. The number of anilines is 2. The zero-order chi connectivity index (χ0) is 17.6. The molecule has 0 aliphatic heterocycles. The Bertz CT molecular complexity index is 871. The Hall–Kier alpha value is -3.54. The highest BCUT2D eigenvalue weighted by molar-refractivity contribution is 6.06. The van der Waals surface area contributed by atoms with Crippen LogP contribution >= 0.6 is 0 Å².